The summed E-state index contributed by atoms with van der Waals surface area (Å²) in [6.45, 7) is 3.02. The Hall–Kier alpha value is -0.480. The van der Waals surface area contributed by atoms with E-state index in [-0.39, 0.29) is 0 Å². The van der Waals surface area contributed by atoms with Gasteiger partial charge in [-0.1, -0.05) is 31.4 Å². The molecule has 0 aromatic carbocycles. The second kappa shape index (κ2) is 7.19. The van der Waals surface area contributed by atoms with Gasteiger partial charge in [-0.3, -0.25) is 0 Å². The highest BCUT2D eigenvalue weighted by molar-refractivity contribution is 7.99. The van der Waals surface area contributed by atoms with Crippen LogP contribution in [0.25, 0.3) is 0 Å². The summed E-state index contributed by atoms with van der Waals surface area (Å²) in [5, 5.41) is 4.78. The van der Waals surface area contributed by atoms with Crippen LogP contribution < -0.4 is 5.32 Å². The highest BCUT2D eigenvalue weighted by Gasteiger charge is 2.16. The Morgan fingerprint density at radius 3 is 2.94 bits per heavy atom. The maximum absolute atomic E-state index is 6.14. The monoisotopic (exact) mass is 285 g/mol. The predicted molar refractivity (Wildman–Crippen MR) is 78.5 cm³/mol. The SMILES string of the molecule is CCCNc1ncc(Cl)c(SCC2CCCC2)n1. The van der Waals surface area contributed by atoms with Crippen LogP contribution in [0.3, 0.4) is 0 Å². The first kappa shape index (κ1) is 13.9. The number of hydrogen-bond acceptors (Lipinski definition) is 4. The largest absolute Gasteiger partial charge is 0.354 e. The Bertz CT molecular complexity index is 380. The third-order valence-corrected chi connectivity index (χ3v) is 4.79. The Morgan fingerprint density at radius 1 is 1.44 bits per heavy atom. The van der Waals surface area contributed by atoms with Crippen LogP contribution in [0.2, 0.25) is 5.02 Å². The van der Waals surface area contributed by atoms with Gasteiger partial charge in [0, 0.05) is 12.3 Å². The van der Waals surface area contributed by atoms with Crippen LogP contribution in [-0.4, -0.2) is 22.3 Å². The molecule has 0 bridgehead atoms. The van der Waals surface area contributed by atoms with Crippen molar-refractivity contribution in [2.45, 2.75) is 44.1 Å². The fourth-order valence-corrected chi connectivity index (χ4v) is 3.47. The second-order valence-electron chi connectivity index (χ2n) is 4.73. The summed E-state index contributed by atoms with van der Waals surface area (Å²) >= 11 is 7.91. The number of nitrogens with zero attached hydrogens (tertiary/aromatic N) is 2. The molecule has 5 heteroatoms. The van der Waals surface area contributed by atoms with Crippen LogP contribution in [0.5, 0.6) is 0 Å². The van der Waals surface area contributed by atoms with E-state index < -0.39 is 0 Å². The van der Waals surface area contributed by atoms with Gasteiger partial charge in [0.2, 0.25) is 5.95 Å². The fourth-order valence-electron chi connectivity index (χ4n) is 2.15. The Morgan fingerprint density at radius 2 is 2.22 bits per heavy atom. The summed E-state index contributed by atoms with van der Waals surface area (Å²) in [6, 6.07) is 0. The molecule has 3 nitrogen and oxygen atoms in total. The van der Waals surface area contributed by atoms with Crippen molar-refractivity contribution in [1.29, 1.82) is 0 Å². The Balaban J connectivity index is 1.92. The van der Waals surface area contributed by atoms with Gasteiger partial charge in [-0.05, 0) is 25.2 Å². The lowest BCUT2D eigenvalue weighted by atomic mass is 10.1. The molecule has 0 amide bonds. The average molecular weight is 286 g/mol. The first-order valence-electron chi connectivity index (χ1n) is 6.68. The van der Waals surface area contributed by atoms with Gasteiger partial charge < -0.3 is 5.32 Å². The van der Waals surface area contributed by atoms with Crippen molar-refractivity contribution in [1.82, 2.24) is 9.97 Å². The summed E-state index contributed by atoms with van der Waals surface area (Å²) in [6.07, 6.45) is 8.24. The van der Waals surface area contributed by atoms with E-state index >= 15 is 0 Å². The summed E-state index contributed by atoms with van der Waals surface area (Å²) in [7, 11) is 0. The fraction of sp³-hybridized carbons (Fsp3) is 0.692. The minimum atomic E-state index is 0.667. The molecule has 0 unspecified atom stereocenters. The Labute approximate surface area is 118 Å². The third-order valence-electron chi connectivity index (χ3n) is 3.18. The van der Waals surface area contributed by atoms with Crippen LogP contribution in [0.15, 0.2) is 11.2 Å². The quantitative estimate of drug-likeness (QED) is 0.627. The molecule has 1 aromatic rings. The molecule has 100 valence electrons. The molecule has 1 heterocycles. The van der Waals surface area contributed by atoms with Gasteiger partial charge in [0.25, 0.3) is 0 Å². The van der Waals surface area contributed by atoms with Gasteiger partial charge in [-0.2, -0.15) is 0 Å². The normalized spacial score (nSPS) is 16.1. The molecule has 1 aromatic heterocycles. The lowest BCUT2D eigenvalue weighted by Crippen LogP contribution is -2.05. The summed E-state index contributed by atoms with van der Waals surface area (Å²) in [5.74, 6) is 2.66. The van der Waals surface area contributed by atoms with Gasteiger partial charge in [0.15, 0.2) is 0 Å². The number of thioether (sulfide) groups is 1. The van der Waals surface area contributed by atoms with Crippen LogP contribution in [0.4, 0.5) is 5.95 Å². The third kappa shape index (κ3) is 4.02. The molecule has 1 aliphatic carbocycles. The Kier molecular flexibility index (Phi) is 5.57. The zero-order valence-electron chi connectivity index (χ0n) is 10.8. The van der Waals surface area contributed by atoms with Crippen LogP contribution >= 0.6 is 23.4 Å². The lowest BCUT2D eigenvalue weighted by molar-refractivity contribution is 0.623. The standard InChI is InChI=1S/C13H20ClN3S/c1-2-7-15-13-16-8-11(14)12(17-13)18-9-10-5-3-4-6-10/h8,10H,2-7,9H2,1H3,(H,15,16,17). The minimum Gasteiger partial charge on any atom is -0.354 e. The summed E-state index contributed by atoms with van der Waals surface area (Å²) < 4.78 is 0. The molecule has 0 spiro atoms. The lowest BCUT2D eigenvalue weighted by Gasteiger charge is -2.10. The van der Waals surface area contributed by atoms with Gasteiger partial charge in [0.05, 0.1) is 11.2 Å². The van der Waals surface area contributed by atoms with Crippen molar-refractivity contribution in [3.8, 4) is 0 Å². The molecule has 0 saturated heterocycles. The number of halogens is 1. The molecule has 1 fully saturated rings. The van der Waals surface area contributed by atoms with E-state index in [1.165, 1.54) is 25.7 Å². The van der Waals surface area contributed by atoms with E-state index in [2.05, 4.69) is 22.2 Å². The van der Waals surface area contributed by atoms with E-state index in [4.69, 9.17) is 11.6 Å². The molecule has 0 atom stereocenters. The van der Waals surface area contributed by atoms with E-state index in [0.29, 0.717) is 11.0 Å². The maximum Gasteiger partial charge on any atom is 0.223 e. The van der Waals surface area contributed by atoms with Gasteiger partial charge in [-0.15, -0.1) is 11.8 Å². The van der Waals surface area contributed by atoms with Gasteiger partial charge >= 0.3 is 0 Å². The molecule has 18 heavy (non-hydrogen) atoms. The van der Waals surface area contributed by atoms with Crippen LogP contribution in [0, 0.1) is 5.92 Å². The zero-order valence-corrected chi connectivity index (χ0v) is 12.4. The average Bonchev–Trinajstić information content (AvgIpc) is 2.89. The van der Waals surface area contributed by atoms with Crippen LogP contribution in [0.1, 0.15) is 39.0 Å². The molecule has 0 radical (unpaired) electrons. The van der Waals surface area contributed by atoms with Gasteiger partial charge in [0.1, 0.15) is 5.03 Å². The number of hydrogen-bond donors (Lipinski definition) is 1. The van der Waals surface area contributed by atoms with Crippen molar-refractivity contribution in [2.75, 3.05) is 17.6 Å². The van der Waals surface area contributed by atoms with Crippen molar-refractivity contribution in [2.24, 2.45) is 5.92 Å². The number of nitrogens with one attached hydrogen (secondary N) is 1. The first-order valence-corrected chi connectivity index (χ1v) is 8.05. The molecule has 0 aliphatic heterocycles. The minimum absolute atomic E-state index is 0.667. The number of aromatic nitrogens is 2. The first-order chi connectivity index (χ1) is 8.79. The highest BCUT2D eigenvalue weighted by Crippen LogP contribution is 2.32. The van der Waals surface area contributed by atoms with E-state index in [0.717, 1.165) is 29.7 Å². The van der Waals surface area contributed by atoms with Crippen molar-refractivity contribution < 1.29 is 0 Å². The van der Waals surface area contributed by atoms with Crippen molar-refractivity contribution in [3.05, 3.63) is 11.2 Å². The predicted octanol–water partition coefficient (Wildman–Crippen LogP) is 4.23. The van der Waals surface area contributed by atoms with Crippen molar-refractivity contribution >= 4 is 29.3 Å². The van der Waals surface area contributed by atoms with E-state index in [1.54, 1.807) is 18.0 Å². The smallest absolute Gasteiger partial charge is 0.223 e. The second-order valence-corrected chi connectivity index (χ2v) is 6.15. The summed E-state index contributed by atoms with van der Waals surface area (Å²) in [4.78, 5) is 8.67. The highest BCUT2D eigenvalue weighted by atomic mass is 35.5. The number of rotatable bonds is 6. The van der Waals surface area contributed by atoms with E-state index in [1.807, 2.05) is 0 Å². The van der Waals surface area contributed by atoms with Gasteiger partial charge in [-0.25, -0.2) is 9.97 Å². The number of anilines is 1. The maximum atomic E-state index is 6.14. The molecule has 1 saturated carbocycles. The summed E-state index contributed by atoms with van der Waals surface area (Å²) in [5.41, 5.74) is 0. The molecule has 2 rings (SSSR count). The molecule has 1 N–H and O–H groups in total. The topological polar surface area (TPSA) is 37.8 Å². The van der Waals surface area contributed by atoms with Crippen molar-refractivity contribution in [3.63, 3.8) is 0 Å². The van der Waals surface area contributed by atoms with E-state index in [9.17, 15) is 0 Å². The molecular formula is C13H20ClN3S. The molecule has 1 aliphatic rings. The van der Waals surface area contributed by atoms with Crippen LogP contribution in [-0.2, 0) is 0 Å². The molecular weight excluding hydrogens is 266 g/mol. The zero-order chi connectivity index (χ0) is 12.8.